The van der Waals surface area contributed by atoms with Gasteiger partial charge in [0.2, 0.25) is 5.91 Å². The van der Waals surface area contributed by atoms with Crippen molar-refractivity contribution in [2.45, 2.75) is 38.6 Å². The molecule has 27 heavy (non-hydrogen) atoms. The van der Waals surface area contributed by atoms with Crippen LogP contribution in [0.1, 0.15) is 53.8 Å². The van der Waals surface area contributed by atoms with Crippen LogP contribution in [0, 0.1) is 0 Å². The van der Waals surface area contributed by atoms with E-state index >= 15 is 0 Å². The number of hydrogen-bond acceptors (Lipinski definition) is 3. The summed E-state index contributed by atoms with van der Waals surface area (Å²) in [6, 6.07) is 16.0. The molecule has 1 N–H and O–H groups in total. The van der Waals surface area contributed by atoms with Gasteiger partial charge in [0, 0.05) is 11.1 Å². The summed E-state index contributed by atoms with van der Waals surface area (Å²) in [5.41, 5.74) is 3.26. The number of aromatic nitrogens is 1. The van der Waals surface area contributed by atoms with Crippen LogP contribution < -0.4 is 5.32 Å². The van der Waals surface area contributed by atoms with E-state index < -0.39 is 0 Å². The number of carbonyl (C=O) groups is 1. The summed E-state index contributed by atoms with van der Waals surface area (Å²) in [6.45, 7) is 4.42. The predicted octanol–water partition coefficient (Wildman–Crippen LogP) is 5.76. The molecule has 0 saturated heterocycles. The number of carbonyl (C=O) groups excluding carboxylic acids is 1. The minimum atomic E-state index is -0.149. The molecule has 0 aliphatic rings. The minimum absolute atomic E-state index is 0.0384. The van der Waals surface area contributed by atoms with Crippen LogP contribution in [0.2, 0.25) is 5.15 Å². The van der Waals surface area contributed by atoms with Crippen LogP contribution in [0.3, 0.4) is 0 Å². The third-order valence-electron chi connectivity index (χ3n) is 4.74. The molecule has 3 rings (SSSR count). The first-order chi connectivity index (χ1) is 13.1. The Morgan fingerprint density at radius 2 is 1.89 bits per heavy atom. The molecule has 140 valence electrons. The molecule has 0 aliphatic carbocycles. The van der Waals surface area contributed by atoms with E-state index in [1.165, 1.54) is 5.56 Å². The van der Waals surface area contributed by atoms with Crippen LogP contribution in [0.15, 0.2) is 60.1 Å². The lowest BCUT2D eigenvalue weighted by Crippen LogP contribution is -2.30. The van der Waals surface area contributed by atoms with E-state index in [0.717, 1.165) is 22.4 Å². The fraction of sp³-hybridized carbons (Fsp3) is 0.273. The number of nitrogens with zero attached hydrogens (tertiary/aromatic N) is 1. The van der Waals surface area contributed by atoms with Gasteiger partial charge in [-0.05, 0) is 46.5 Å². The molecule has 0 radical (unpaired) electrons. The molecule has 0 saturated carbocycles. The third kappa shape index (κ3) is 5.18. The molecule has 3 aromatic rings. The van der Waals surface area contributed by atoms with Crippen molar-refractivity contribution in [2.75, 3.05) is 0 Å². The van der Waals surface area contributed by atoms with Crippen molar-refractivity contribution >= 4 is 28.8 Å². The molecule has 2 aromatic heterocycles. The van der Waals surface area contributed by atoms with Gasteiger partial charge in [-0.3, -0.25) is 4.79 Å². The van der Waals surface area contributed by atoms with E-state index in [1.807, 2.05) is 17.5 Å². The van der Waals surface area contributed by atoms with Gasteiger partial charge in [-0.25, -0.2) is 4.98 Å². The summed E-state index contributed by atoms with van der Waals surface area (Å²) < 4.78 is 0. The van der Waals surface area contributed by atoms with E-state index in [4.69, 9.17) is 11.6 Å². The fourth-order valence-electron chi connectivity index (χ4n) is 2.94. The average molecular weight is 399 g/mol. The van der Waals surface area contributed by atoms with Crippen LogP contribution in [0.4, 0.5) is 0 Å². The number of nitrogens with one attached hydrogen (secondary N) is 1. The van der Waals surface area contributed by atoms with E-state index in [0.29, 0.717) is 11.1 Å². The highest BCUT2D eigenvalue weighted by Gasteiger charge is 2.18. The maximum absolute atomic E-state index is 12.6. The molecule has 2 atom stereocenters. The zero-order chi connectivity index (χ0) is 19.2. The van der Waals surface area contributed by atoms with Gasteiger partial charge in [0.15, 0.2) is 0 Å². The number of pyridine rings is 1. The maximum atomic E-state index is 12.6. The van der Waals surface area contributed by atoms with Gasteiger partial charge < -0.3 is 5.32 Å². The first kappa shape index (κ1) is 19.6. The molecule has 0 aliphatic heterocycles. The van der Waals surface area contributed by atoms with E-state index in [9.17, 15) is 4.79 Å². The van der Waals surface area contributed by atoms with Crippen LogP contribution in [0.25, 0.3) is 0 Å². The number of thiophene rings is 1. The highest BCUT2D eigenvalue weighted by atomic mass is 35.5. The van der Waals surface area contributed by atoms with Gasteiger partial charge in [-0.2, -0.15) is 0 Å². The Hall–Kier alpha value is -2.17. The molecule has 1 amide bonds. The zero-order valence-electron chi connectivity index (χ0n) is 15.5. The highest BCUT2D eigenvalue weighted by Crippen LogP contribution is 2.28. The van der Waals surface area contributed by atoms with Gasteiger partial charge in [-0.15, -0.1) is 11.3 Å². The lowest BCUT2D eigenvalue weighted by Gasteiger charge is -2.19. The summed E-state index contributed by atoms with van der Waals surface area (Å²) in [4.78, 5) is 17.8. The summed E-state index contributed by atoms with van der Waals surface area (Å²) in [7, 11) is 0. The number of rotatable bonds is 7. The Bertz CT molecular complexity index is 860. The van der Waals surface area contributed by atoms with Gasteiger partial charge in [-0.1, -0.05) is 61.8 Å². The molecular weight excluding hydrogens is 376 g/mol. The Kier molecular flexibility index (Phi) is 6.64. The highest BCUT2D eigenvalue weighted by molar-refractivity contribution is 7.10. The Balaban J connectivity index is 1.78. The smallest absolute Gasteiger partial charge is 0.225 e. The van der Waals surface area contributed by atoms with Gasteiger partial charge in [0.05, 0.1) is 12.5 Å². The first-order valence-corrected chi connectivity index (χ1v) is 10.4. The van der Waals surface area contributed by atoms with E-state index in [-0.39, 0.29) is 18.4 Å². The second kappa shape index (κ2) is 9.16. The van der Waals surface area contributed by atoms with Crippen molar-refractivity contribution in [1.29, 1.82) is 0 Å². The van der Waals surface area contributed by atoms with E-state index in [1.54, 1.807) is 23.6 Å². The minimum Gasteiger partial charge on any atom is -0.344 e. The summed E-state index contributed by atoms with van der Waals surface area (Å²) in [5.74, 6) is 0.495. The number of halogens is 1. The predicted molar refractivity (Wildman–Crippen MR) is 112 cm³/mol. The van der Waals surface area contributed by atoms with Gasteiger partial charge in [0.25, 0.3) is 0 Å². The van der Waals surface area contributed by atoms with Crippen LogP contribution in [-0.2, 0) is 11.2 Å². The first-order valence-electron chi connectivity index (χ1n) is 9.10. The summed E-state index contributed by atoms with van der Waals surface area (Å²) in [5, 5.41) is 5.63. The van der Waals surface area contributed by atoms with Crippen LogP contribution in [0.5, 0.6) is 0 Å². The van der Waals surface area contributed by atoms with Crippen molar-refractivity contribution in [1.82, 2.24) is 10.3 Å². The quantitative estimate of drug-likeness (QED) is 0.514. The molecule has 0 fully saturated rings. The molecule has 2 unspecified atom stereocenters. The molecule has 2 heterocycles. The summed E-state index contributed by atoms with van der Waals surface area (Å²) >= 11 is 7.46. The second-order valence-electron chi connectivity index (χ2n) is 6.66. The van der Waals surface area contributed by atoms with Crippen molar-refractivity contribution in [3.8, 4) is 0 Å². The molecule has 1 aromatic carbocycles. The third-order valence-corrected chi connectivity index (χ3v) is 5.90. The Labute approximate surface area is 169 Å². The van der Waals surface area contributed by atoms with E-state index in [2.05, 4.69) is 54.5 Å². The topological polar surface area (TPSA) is 42.0 Å². The zero-order valence-corrected chi connectivity index (χ0v) is 17.1. The molecule has 0 spiro atoms. The largest absolute Gasteiger partial charge is 0.344 e. The van der Waals surface area contributed by atoms with Crippen molar-refractivity contribution < 1.29 is 4.79 Å². The van der Waals surface area contributed by atoms with Gasteiger partial charge in [0.1, 0.15) is 5.15 Å². The normalized spacial score (nSPS) is 13.1. The lowest BCUT2D eigenvalue weighted by molar-refractivity contribution is -0.120. The van der Waals surface area contributed by atoms with Crippen LogP contribution in [-0.4, -0.2) is 10.9 Å². The standard InChI is InChI=1S/C22H23ClN2OS/c1-3-15(2)17-7-9-18(10-8-17)22(19-5-4-12-27-19)25-21(26)13-16-6-11-20(23)24-14-16/h4-12,14-15,22H,3,13H2,1-2H3,(H,25,26). The Morgan fingerprint density at radius 3 is 2.48 bits per heavy atom. The van der Waals surface area contributed by atoms with Crippen LogP contribution >= 0.6 is 22.9 Å². The number of amides is 1. The Morgan fingerprint density at radius 1 is 1.15 bits per heavy atom. The van der Waals surface area contributed by atoms with Crippen molar-refractivity contribution in [3.63, 3.8) is 0 Å². The lowest BCUT2D eigenvalue weighted by atomic mass is 9.95. The molecule has 0 bridgehead atoms. The number of hydrogen-bond donors (Lipinski definition) is 1. The van der Waals surface area contributed by atoms with Crippen molar-refractivity contribution in [3.05, 3.63) is 86.8 Å². The van der Waals surface area contributed by atoms with Crippen molar-refractivity contribution in [2.24, 2.45) is 0 Å². The second-order valence-corrected chi connectivity index (χ2v) is 8.02. The molecule has 3 nitrogen and oxygen atoms in total. The molecular formula is C22H23ClN2OS. The average Bonchev–Trinajstić information content (AvgIpc) is 3.22. The van der Waals surface area contributed by atoms with Gasteiger partial charge >= 0.3 is 0 Å². The fourth-order valence-corrected chi connectivity index (χ4v) is 3.85. The monoisotopic (exact) mass is 398 g/mol. The SMILES string of the molecule is CCC(C)c1ccc(C(NC(=O)Cc2ccc(Cl)nc2)c2cccs2)cc1. The summed E-state index contributed by atoms with van der Waals surface area (Å²) in [6.07, 6.45) is 3.03. The molecule has 5 heteroatoms. The maximum Gasteiger partial charge on any atom is 0.225 e. The number of benzene rings is 1.